The Bertz CT molecular complexity index is 1220. The highest BCUT2D eigenvalue weighted by Gasteiger charge is 2.22. The number of methoxy groups -OCH3 is 1. The van der Waals surface area contributed by atoms with E-state index in [0.29, 0.717) is 41.8 Å². The number of carbonyl (C=O) groups excluding carboxylic acids is 1. The molecular weight excluding hydrogens is 422 g/mol. The maximum absolute atomic E-state index is 12.7. The van der Waals surface area contributed by atoms with Crippen LogP contribution in [0.25, 0.3) is 11.0 Å². The molecule has 2 aromatic carbocycles. The molecule has 0 bridgehead atoms. The second-order valence-corrected chi connectivity index (χ2v) is 9.30. The van der Waals surface area contributed by atoms with E-state index in [2.05, 4.69) is 5.32 Å². The van der Waals surface area contributed by atoms with Crippen LogP contribution in [0, 0.1) is 0 Å². The van der Waals surface area contributed by atoms with Gasteiger partial charge in [-0.2, -0.15) is 0 Å². The summed E-state index contributed by atoms with van der Waals surface area (Å²) in [4.78, 5) is 12.5. The van der Waals surface area contributed by atoms with Gasteiger partial charge >= 0.3 is 0 Å². The zero-order valence-electron chi connectivity index (χ0n) is 17.2. The quantitative estimate of drug-likeness (QED) is 0.595. The van der Waals surface area contributed by atoms with Crippen LogP contribution in [0.4, 0.5) is 0 Å². The molecule has 1 N–H and O–H groups in total. The first-order chi connectivity index (χ1) is 14.9. The van der Waals surface area contributed by atoms with Gasteiger partial charge in [0.25, 0.3) is 0 Å². The Hall–Kier alpha value is -3.20. The van der Waals surface area contributed by atoms with Crippen LogP contribution >= 0.6 is 0 Å². The van der Waals surface area contributed by atoms with Gasteiger partial charge in [-0.3, -0.25) is 4.79 Å². The summed E-state index contributed by atoms with van der Waals surface area (Å²) >= 11 is 0. The highest BCUT2D eigenvalue weighted by Crippen LogP contribution is 2.33. The van der Waals surface area contributed by atoms with Crippen LogP contribution in [0.5, 0.6) is 17.2 Å². The number of furan rings is 1. The molecule has 31 heavy (non-hydrogen) atoms. The number of benzene rings is 2. The first kappa shape index (κ1) is 21.0. The molecule has 0 fully saturated rings. The minimum atomic E-state index is -3.66. The summed E-state index contributed by atoms with van der Waals surface area (Å²) in [6.07, 6.45) is -0.176. The molecule has 0 spiro atoms. The highest BCUT2D eigenvalue weighted by atomic mass is 32.2. The minimum absolute atomic E-state index is 0.0991. The van der Waals surface area contributed by atoms with Crippen LogP contribution in [0.3, 0.4) is 0 Å². The Balaban J connectivity index is 1.39. The van der Waals surface area contributed by atoms with Gasteiger partial charge in [0.2, 0.25) is 5.91 Å². The van der Waals surface area contributed by atoms with E-state index in [1.807, 2.05) is 18.2 Å². The van der Waals surface area contributed by atoms with Gasteiger partial charge in [0.05, 0.1) is 23.8 Å². The lowest BCUT2D eigenvalue weighted by Crippen LogP contribution is -2.28. The normalized spacial score (nSPS) is 14.3. The Morgan fingerprint density at radius 1 is 1.13 bits per heavy atom. The smallest absolute Gasteiger partial charge is 0.221 e. The molecule has 4 rings (SSSR count). The average Bonchev–Trinajstić information content (AvgIpc) is 3.22. The van der Waals surface area contributed by atoms with Crippen molar-refractivity contribution in [2.45, 2.75) is 24.3 Å². The lowest BCUT2D eigenvalue weighted by molar-refractivity contribution is -0.121. The molecule has 1 aromatic heterocycles. The maximum Gasteiger partial charge on any atom is 0.221 e. The molecule has 0 saturated carbocycles. The van der Waals surface area contributed by atoms with Crippen molar-refractivity contribution in [2.24, 2.45) is 0 Å². The molecule has 0 aliphatic carbocycles. The van der Waals surface area contributed by atoms with E-state index in [4.69, 9.17) is 18.6 Å². The van der Waals surface area contributed by atoms with E-state index in [-0.39, 0.29) is 23.0 Å². The first-order valence-electron chi connectivity index (χ1n) is 9.85. The third-order valence-corrected chi connectivity index (χ3v) is 6.74. The van der Waals surface area contributed by atoms with Gasteiger partial charge in [-0.05, 0) is 31.2 Å². The number of fused-ring (bicyclic) bond motifs is 2. The Labute approximate surface area is 180 Å². The third kappa shape index (κ3) is 4.46. The molecule has 8 nitrogen and oxygen atoms in total. The zero-order valence-corrected chi connectivity index (χ0v) is 18.0. The molecule has 1 aliphatic heterocycles. The van der Waals surface area contributed by atoms with Crippen molar-refractivity contribution in [3.05, 3.63) is 48.2 Å². The van der Waals surface area contributed by atoms with Crippen molar-refractivity contribution in [1.29, 1.82) is 0 Å². The molecule has 164 valence electrons. The Kier molecular flexibility index (Phi) is 5.77. The fourth-order valence-corrected chi connectivity index (χ4v) is 4.63. The lowest BCUT2D eigenvalue weighted by Gasteiger charge is -2.18. The summed E-state index contributed by atoms with van der Waals surface area (Å²) in [5, 5.41) is 3.64. The zero-order chi connectivity index (χ0) is 22.0. The summed E-state index contributed by atoms with van der Waals surface area (Å²) in [5.74, 6) is 1.36. The number of sulfone groups is 1. The number of rotatable bonds is 7. The molecule has 9 heteroatoms. The molecular formula is C22H23NO7S. The van der Waals surface area contributed by atoms with Crippen LogP contribution in [0.2, 0.25) is 0 Å². The number of para-hydroxylation sites is 1. The van der Waals surface area contributed by atoms with Gasteiger partial charge in [-0.15, -0.1) is 0 Å². The van der Waals surface area contributed by atoms with Gasteiger partial charge in [-0.25, -0.2) is 8.42 Å². The van der Waals surface area contributed by atoms with Crippen molar-refractivity contribution in [2.75, 3.05) is 26.1 Å². The molecule has 0 saturated heterocycles. The third-order valence-electron chi connectivity index (χ3n) is 5.02. The van der Waals surface area contributed by atoms with Crippen molar-refractivity contribution >= 4 is 26.7 Å². The first-order valence-corrected chi connectivity index (χ1v) is 11.5. The monoisotopic (exact) mass is 445 g/mol. The molecule has 1 amide bonds. The van der Waals surface area contributed by atoms with Gasteiger partial charge in [-0.1, -0.05) is 12.1 Å². The van der Waals surface area contributed by atoms with Gasteiger partial charge in [0.1, 0.15) is 19.0 Å². The van der Waals surface area contributed by atoms with Gasteiger partial charge in [0.15, 0.2) is 32.7 Å². The van der Waals surface area contributed by atoms with Crippen molar-refractivity contribution in [3.8, 4) is 17.2 Å². The fraction of sp³-hybridized carbons (Fsp3) is 0.318. The summed E-state index contributed by atoms with van der Waals surface area (Å²) < 4.78 is 47.3. The van der Waals surface area contributed by atoms with Crippen LogP contribution in [-0.2, 0) is 14.6 Å². The van der Waals surface area contributed by atoms with E-state index in [1.54, 1.807) is 26.2 Å². The summed E-state index contributed by atoms with van der Waals surface area (Å²) in [6.45, 7) is 2.57. The number of nitrogens with one attached hydrogen (secondary N) is 1. The van der Waals surface area contributed by atoms with Crippen LogP contribution in [-0.4, -0.2) is 40.4 Å². The SMILES string of the molecule is COc1cccc2cc([C@H](C)NC(=O)CCS(=O)(=O)c3ccc4c(c3)OCCO4)oc12. The number of hydrogen-bond acceptors (Lipinski definition) is 7. The van der Waals surface area contributed by atoms with E-state index < -0.39 is 15.9 Å². The summed E-state index contributed by atoms with van der Waals surface area (Å²) in [5.41, 5.74) is 0.599. The number of carbonyl (C=O) groups is 1. The fourth-order valence-electron chi connectivity index (χ4n) is 3.38. The molecule has 1 aliphatic rings. The summed E-state index contributed by atoms with van der Waals surface area (Å²) in [7, 11) is -2.10. The predicted molar refractivity (Wildman–Crippen MR) is 113 cm³/mol. The Morgan fingerprint density at radius 2 is 1.90 bits per heavy atom. The second kappa shape index (κ2) is 8.50. The number of amides is 1. The molecule has 0 radical (unpaired) electrons. The number of ether oxygens (including phenoxy) is 3. The summed E-state index contributed by atoms with van der Waals surface area (Å²) in [6, 6.07) is 11.4. The van der Waals surface area contributed by atoms with Crippen molar-refractivity contribution in [1.82, 2.24) is 5.32 Å². The second-order valence-electron chi connectivity index (χ2n) is 7.19. The predicted octanol–water partition coefficient (Wildman–Crippen LogP) is 3.25. The lowest BCUT2D eigenvalue weighted by atomic mass is 10.2. The average molecular weight is 445 g/mol. The highest BCUT2D eigenvalue weighted by molar-refractivity contribution is 7.91. The van der Waals surface area contributed by atoms with Crippen LogP contribution in [0.15, 0.2) is 51.8 Å². The maximum atomic E-state index is 12.7. The molecule has 3 aromatic rings. The minimum Gasteiger partial charge on any atom is -0.493 e. The van der Waals surface area contributed by atoms with Gasteiger partial charge in [0, 0.05) is 17.9 Å². The van der Waals surface area contributed by atoms with Crippen molar-refractivity contribution < 1.29 is 31.8 Å². The van der Waals surface area contributed by atoms with E-state index in [0.717, 1.165) is 5.39 Å². The van der Waals surface area contributed by atoms with Crippen molar-refractivity contribution in [3.63, 3.8) is 0 Å². The van der Waals surface area contributed by atoms with E-state index in [1.165, 1.54) is 12.1 Å². The standard InChI is InChI=1S/C22H23NO7S/c1-14(19-12-15-4-3-5-18(27-2)22(15)30-19)23-21(24)8-11-31(25,26)16-6-7-17-20(13-16)29-10-9-28-17/h3-7,12-14H,8-11H2,1-2H3,(H,23,24)/t14-/m0/s1. The molecule has 2 heterocycles. The number of hydrogen-bond donors (Lipinski definition) is 1. The van der Waals surface area contributed by atoms with Crippen LogP contribution < -0.4 is 19.5 Å². The molecule has 1 atom stereocenters. The topological polar surface area (TPSA) is 104 Å². The van der Waals surface area contributed by atoms with E-state index in [9.17, 15) is 13.2 Å². The van der Waals surface area contributed by atoms with Gasteiger partial charge < -0.3 is 23.9 Å². The Morgan fingerprint density at radius 3 is 2.68 bits per heavy atom. The largest absolute Gasteiger partial charge is 0.493 e. The van der Waals surface area contributed by atoms with E-state index >= 15 is 0 Å². The van der Waals surface area contributed by atoms with Crippen LogP contribution in [0.1, 0.15) is 25.1 Å². The molecule has 0 unspecified atom stereocenters.